The van der Waals surface area contributed by atoms with Gasteiger partial charge >= 0.3 is 0 Å². The van der Waals surface area contributed by atoms with Crippen LogP contribution in [0.2, 0.25) is 0 Å². The minimum Gasteiger partial charge on any atom is -0.387 e. The molecule has 1 aromatic rings. The molecule has 2 rings (SSSR count). The van der Waals surface area contributed by atoms with E-state index in [-0.39, 0.29) is 5.91 Å². The summed E-state index contributed by atoms with van der Waals surface area (Å²) in [5.74, 6) is 0.643. The molecular weight excluding hydrogens is 378 g/mol. The van der Waals surface area contributed by atoms with Gasteiger partial charge in [-0.2, -0.15) is 0 Å². The highest BCUT2D eigenvalue weighted by Gasteiger charge is 2.25. The molecule has 0 aliphatic carbocycles. The Labute approximate surface area is 171 Å². The Kier molecular flexibility index (Phi) is 9.69. The van der Waals surface area contributed by atoms with Crippen LogP contribution in [0.5, 0.6) is 0 Å². The lowest BCUT2D eigenvalue weighted by Crippen LogP contribution is -2.48. The van der Waals surface area contributed by atoms with Crippen molar-refractivity contribution in [3.05, 3.63) is 22.4 Å². The van der Waals surface area contributed by atoms with E-state index in [4.69, 9.17) is 4.74 Å². The van der Waals surface area contributed by atoms with Crippen molar-refractivity contribution >= 4 is 23.2 Å². The van der Waals surface area contributed by atoms with Crippen LogP contribution in [-0.4, -0.2) is 86.5 Å². The van der Waals surface area contributed by atoms with E-state index in [9.17, 15) is 9.90 Å². The van der Waals surface area contributed by atoms with Gasteiger partial charge in [-0.25, -0.2) is 0 Å². The van der Waals surface area contributed by atoms with Crippen molar-refractivity contribution in [3.8, 4) is 0 Å². The number of rotatable bonds is 10. The first-order valence-corrected chi connectivity index (χ1v) is 10.7. The fraction of sp³-hybridized carbons (Fsp3) is 0.684. The van der Waals surface area contributed by atoms with E-state index in [0.717, 1.165) is 30.9 Å². The van der Waals surface area contributed by atoms with Gasteiger partial charge < -0.3 is 25.8 Å². The third-order valence-electron chi connectivity index (χ3n) is 4.27. The summed E-state index contributed by atoms with van der Waals surface area (Å²) in [5, 5.41) is 21.9. The van der Waals surface area contributed by atoms with Crippen molar-refractivity contribution in [1.29, 1.82) is 0 Å². The van der Waals surface area contributed by atoms with E-state index < -0.39 is 5.60 Å². The lowest BCUT2D eigenvalue weighted by molar-refractivity contribution is -0.0180. The van der Waals surface area contributed by atoms with Gasteiger partial charge in [0.2, 0.25) is 0 Å². The van der Waals surface area contributed by atoms with Gasteiger partial charge in [-0.1, -0.05) is 6.07 Å². The van der Waals surface area contributed by atoms with Crippen LogP contribution in [0.1, 0.15) is 29.9 Å². The van der Waals surface area contributed by atoms with Gasteiger partial charge in [-0.05, 0) is 31.7 Å². The number of ether oxygens (including phenoxy) is 1. The molecule has 0 saturated carbocycles. The van der Waals surface area contributed by atoms with Crippen LogP contribution in [0.4, 0.5) is 0 Å². The van der Waals surface area contributed by atoms with E-state index >= 15 is 0 Å². The van der Waals surface area contributed by atoms with Crippen LogP contribution in [0.15, 0.2) is 22.5 Å². The van der Waals surface area contributed by atoms with Crippen molar-refractivity contribution in [2.45, 2.75) is 25.9 Å². The summed E-state index contributed by atoms with van der Waals surface area (Å²) < 4.78 is 5.35. The van der Waals surface area contributed by atoms with Gasteiger partial charge in [0.15, 0.2) is 5.96 Å². The van der Waals surface area contributed by atoms with Gasteiger partial charge in [0.05, 0.1) is 30.2 Å². The number of amides is 1. The van der Waals surface area contributed by atoms with Crippen molar-refractivity contribution < 1.29 is 14.6 Å². The maximum absolute atomic E-state index is 11.9. The number of carbonyl (C=O) groups is 1. The quantitative estimate of drug-likeness (QED) is 0.254. The predicted molar refractivity (Wildman–Crippen MR) is 113 cm³/mol. The molecule has 1 unspecified atom stereocenters. The molecule has 1 amide bonds. The molecule has 1 aromatic heterocycles. The number of nitrogens with one attached hydrogen (secondary N) is 3. The first-order valence-electron chi connectivity index (χ1n) is 9.86. The Balaban J connectivity index is 1.69. The molecule has 9 heteroatoms. The smallest absolute Gasteiger partial charge is 0.261 e. The Morgan fingerprint density at radius 1 is 1.32 bits per heavy atom. The summed E-state index contributed by atoms with van der Waals surface area (Å²) in [4.78, 5) is 19.3. The average molecular weight is 412 g/mol. The van der Waals surface area contributed by atoms with Crippen LogP contribution in [0.25, 0.3) is 0 Å². The lowest BCUT2D eigenvalue weighted by atomic mass is 10.1. The molecule has 1 aliphatic heterocycles. The maximum Gasteiger partial charge on any atom is 0.261 e. The summed E-state index contributed by atoms with van der Waals surface area (Å²) in [6.07, 6.45) is 0.783. The first kappa shape index (κ1) is 22.6. The van der Waals surface area contributed by atoms with Crippen LogP contribution in [0, 0.1) is 0 Å². The van der Waals surface area contributed by atoms with Crippen LogP contribution in [-0.2, 0) is 4.74 Å². The molecule has 0 radical (unpaired) electrons. The molecule has 0 aromatic carbocycles. The zero-order valence-corrected chi connectivity index (χ0v) is 17.7. The predicted octanol–water partition coefficient (Wildman–Crippen LogP) is 0.506. The molecule has 0 bridgehead atoms. The zero-order valence-electron chi connectivity index (χ0n) is 16.9. The van der Waals surface area contributed by atoms with Crippen molar-refractivity contribution in [3.63, 3.8) is 0 Å². The number of carbonyl (C=O) groups excluding carboxylic acids is 1. The van der Waals surface area contributed by atoms with Crippen LogP contribution < -0.4 is 16.0 Å². The first-order chi connectivity index (χ1) is 13.5. The molecule has 8 nitrogen and oxygen atoms in total. The zero-order chi connectivity index (χ0) is 20.2. The lowest BCUT2D eigenvalue weighted by Gasteiger charge is -2.33. The summed E-state index contributed by atoms with van der Waals surface area (Å²) in [6, 6.07) is 3.69. The van der Waals surface area contributed by atoms with E-state index in [1.165, 1.54) is 11.3 Å². The monoisotopic (exact) mass is 411 g/mol. The van der Waals surface area contributed by atoms with Crippen molar-refractivity contribution in [2.24, 2.45) is 4.99 Å². The van der Waals surface area contributed by atoms with Gasteiger partial charge in [-0.3, -0.25) is 14.7 Å². The van der Waals surface area contributed by atoms with Gasteiger partial charge in [0.25, 0.3) is 5.91 Å². The second kappa shape index (κ2) is 12.0. The highest BCUT2D eigenvalue weighted by Crippen LogP contribution is 2.09. The summed E-state index contributed by atoms with van der Waals surface area (Å²) >= 11 is 1.44. The van der Waals surface area contributed by atoms with E-state index in [1.54, 1.807) is 0 Å². The molecule has 28 heavy (non-hydrogen) atoms. The number of guanidine groups is 1. The SMILES string of the molecule is CCNC(=NCC(C)(O)CN1CCOCC1)NCCCNC(=O)c1cccs1. The second-order valence-electron chi connectivity index (χ2n) is 7.09. The maximum atomic E-state index is 11.9. The Bertz CT molecular complexity index is 601. The third kappa shape index (κ3) is 8.55. The Morgan fingerprint density at radius 2 is 2.07 bits per heavy atom. The Hall–Kier alpha value is -1.68. The molecule has 2 heterocycles. The average Bonchev–Trinajstić information content (AvgIpc) is 3.21. The Morgan fingerprint density at radius 3 is 2.75 bits per heavy atom. The molecule has 158 valence electrons. The molecule has 4 N–H and O–H groups in total. The van der Waals surface area contributed by atoms with Gasteiger partial charge in [0.1, 0.15) is 0 Å². The largest absolute Gasteiger partial charge is 0.387 e. The summed E-state index contributed by atoms with van der Waals surface area (Å²) in [6.45, 7) is 9.85. The molecule has 0 spiro atoms. The highest BCUT2D eigenvalue weighted by atomic mass is 32.1. The standard InChI is InChI=1S/C19H33N5O3S/c1-3-20-18(22-8-5-7-21-17(25)16-6-4-13-28-16)23-14-19(2,26)15-24-9-11-27-12-10-24/h4,6,13,26H,3,5,7-12,14-15H2,1-2H3,(H,21,25)(H2,20,22,23). The number of β-amino-alcohol motifs (C(OH)–C–C–N with tert-alkyl or cyclic N) is 1. The van der Waals surface area contributed by atoms with E-state index in [0.29, 0.717) is 45.4 Å². The number of nitrogens with zero attached hydrogens (tertiary/aromatic N) is 2. The minimum atomic E-state index is -0.894. The second-order valence-corrected chi connectivity index (χ2v) is 8.04. The summed E-state index contributed by atoms with van der Waals surface area (Å²) in [5.41, 5.74) is -0.894. The van der Waals surface area contributed by atoms with Crippen LogP contribution in [0.3, 0.4) is 0 Å². The number of morpholine rings is 1. The molecule has 1 atom stereocenters. The number of aliphatic hydroxyl groups is 1. The third-order valence-corrected chi connectivity index (χ3v) is 5.14. The molecular formula is C19H33N5O3S. The van der Waals surface area contributed by atoms with Crippen LogP contribution >= 0.6 is 11.3 Å². The summed E-state index contributed by atoms with van der Waals surface area (Å²) in [7, 11) is 0. The number of hydrogen-bond acceptors (Lipinski definition) is 6. The molecule has 1 saturated heterocycles. The number of aliphatic imine (C=N–C) groups is 1. The normalized spacial score (nSPS) is 17.8. The molecule has 1 aliphatic rings. The van der Waals surface area contributed by atoms with Crippen molar-refractivity contribution in [1.82, 2.24) is 20.9 Å². The van der Waals surface area contributed by atoms with E-state index in [2.05, 4.69) is 25.8 Å². The van der Waals surface area contributed by atoms with Crippen molar-refractivity contribution in [2.75, 3.05) is 59.0 Å². The topological polar surface area (TPSA) is 98.2 Å². The highest BCUT2D eigenvalue weighted by molar-refractivity contribution is 7.12. The number of hydrogen-bond donors (Lipinski definition) is 4. The fourth-order valence-corrected chi connectivity index (χ4v) is 3.51. The number of thiophene rings is 1. The van der Waals surface area contributed by atoms with E-state index in [1.807, 2.05) is 31.4 Å². The minimum absolute atomic E-state index is 0.0327. The fourth-order valence-electron chi connectivity index (χ4n) is 2.87. The molecule has 1 fully saturated rings. The van der Waals surface area contributed by atoms with Gasteiger partial charge in [-0.15, -0.1) is 11.3 Å². The van der Waals surface area contributed by atoms with Gasteiger partial charge in [0, 0.05) is 39.3 Å².